The number of benzene rings is 1. The highest BCUT2D eigenvalue weighted by Gasteiger charge is 2.19. The standard InChI is InChI=1S/C21H22N6O2/c1-29-19-11-16-14(13-27(25-16)15-5-7-22-8-6-15)10-17(19)24-21(28)18-12-23-20-4-2-3-9-26(18)20/h2-4,9-13,15,22H,5-8H2,1H3,(H,24,28). The molecule has 5 rings (SSSR count). The third-order valence-corrected chi connectivity index (χ3v) is 5.42. The molecule has 0 aliphatic carbocycles. The van der Waals surface area contributed by atoms with Crippen LogP contribution in [0.25, 0.3) is 16.6 Å². The Balaban J connectivity index is 1.47. The number of pyridine rings is 1. The molecule has 0 unspecified atom stereocenters. The first kappa shape index (κ1) is 17.7. The van der Waals surface area contributed by atoms with Crippen LogP contribution in [-0.2, 0) is 0 Å². The monoisotopic (exact) mass is 390 g/mol. The first-order chi connectivity index (χ1) is 14.2. The zero-order valence-corrected chi connectivity index (χ0v) is 16.1. The van der Waals surface area contributed by atoms with Crippen LogP contribution in [-0.4, -0.2) is 45.3 Å². The summed E-state index contributed by atoms with van der Waals surface area (Å²) in [6.45, 7) is 2.01. The number of carbonyl (C=O) groups excluding carboxylic acids is 1. The van der Waals surface area contributed by atoms with Gasteiger partial charge < -0.3 is 15.4 Å². The molecule has 1 aliphatic rings. The number of anilines is 1. The van der Waals surface area contributed by atoms with Gasteiger partial charge in [-0.1, -0.05) is 6.07 Å². The number of nitrogens with one attached hydrogen (secondary N) is 2. The Kier molecular flexibility index (Phi) is 4.40. The van der Waals surface area contributed by atoms with Crippen molar-refractivity contribution >= 4 is 28.1 Å². The molecule has 2 N–H and O–H groups in total. The third-order valence-electron chi connectivity index (χ3n) is 5.42. The molecule has 0 saturated carbocycles. The van der Waals surface area contributed by atoms with Crippen LogP contribution < -0.4 is 15.4 Å². The number of rotatable bonds is 4. The van der Waals surface area contributed by atoms with Crippen LogP contribution in [0.3, 0.4) is 0 Å². The molecule has 1 saturated heterocycles. The maximum Gasteiger partial charge on any atom is 0.274 e. The molecule has 0 radical (unpaired) electrons. The number of aromatic nitrogens is 4. The maximum atomic E-state index is 12.9. The molecule has 3 aromatic heterocycles. The van der Waals surface area contributed by atoms with Crippen LogP contribution in [0.1, 0.15) is 29.4 Å². The minimum Gasteiger partial charge on any atom is -0.494 e. The van der Waals surface area contributed by atoms with Gasteiger partial charge in [0.15, 0.2) is 0 Å². The van der Waals surface area contributed by atoms with E-state index in [1.54, 1.807) is 17.7 Å². The normalized spacial score (nSPS) is 15.1. The molecular formula is C21H22N6O2. The lowest BCUT2D eigenvalue weighted by molar-refractivity contribution is 0.102. The highest BCUT2D eigenvalue weighted by Crippen LogP contribution is 2.31. The van der Waals surface area contributed by atoms with E-state index in [1.807, 2.05) is 41.2 Å². The molecule has 1 fully saturated rings. The smallest absolute Gasteiger partial charge is 0.274 e. The number of carbonyl (C=O) groups is 1. The maximum absolute atomic E-state index is 12.9. The zero-order chi connectivity index (χ0) is 19.8. The summed E-state index contributed by atoms with van der Waals surface area (Å²) in [5.74, 6) is 0.335. The molecule has 4 aromatic rings. The number of piperidine rings is 1. The first-order valence-electron chi connectivity index (χ1n) is 9.74. The van der Waals surface area contributed by atoms with Crippen LogP contribution in [0.15, 0.2) is 48.9 Å². The second-order valence-electron chi connectivity index (χ2n) is 7.23. The number of amides is 1. The summed E-state index contributed by atoms with van der Waals surface area (Å²) in [4.78, 5) is 17.2. The van der Waals surface area contributed by atoms with E-state index in [9.17, 15) is 4.79 Å². The van der Waals surface area contributed by atoms with Gasteiger partial charge in [0.2, 0.25) is 0 Å². The van der Waals surface area contributed by atoms with Crippen LogP contribution in [0.2, 0.25) is 0 Å². The van der Waals surface area contributed by atoms with Crippen molar-refractivity contribution < 1.29 is 9.53 Å². The van der Waals surface area contributed by atoms with Crippen LogP contribution >= 0.6 is 0 Å². The highest BCUT2D eigenvalue weighted by molar-refractivity contribution is 6.05. The summed E-state index contributed by atoms with van der Waals surface area (Å²) in [6, 6.07) is 9.80. The van der Waals surface area contributed by atoms with E-state index in [2.05, 4.69) is 21.8 Å². The highest BCUT2D eigenvalue weighted by atomic mass is 16.5. The van der Waals surface area contributed by atoms with Crippen molar-refractivity contribution in [2.75, 3.05) is 25.5 Å². The van der Waals surface area contributed by atoms with Crippen molar-refractivity contribution in [2.45, 2.75) is 18.9 Å². The minimum absolute atomic E-state index is 0.243. The lowest BCUT2D eigenvalue weighted by atomic mass is 10.1. The van der Waals surface area contributed by atoms with Gasteiger partial charge in [-0.15, -0.1) is 0 Å². The second kappa shape index (κ2) is 7.21. The predicted octanol–water partition coefficient (Wildman–Crippen LogP) is 2.87. The average molecular weight is 390 g/mol. The Morgan fingerprint density at radius 3 is 2.97 bits per heavy atom. The fourth-order valence-electron chi connectivity index (χ4n) is 3.88. The van der Waals surface area contributed by atoms with Gasteiger partial charge in [-0.05, 0) is 44.1 Å². The lowest BCUT2D eigenvalue weighted by Crippen LogP contribution is -2.29. The van der Waals surface area contributed by atoms with Crippen molar-refractivity contribution in [3.63, 3.8) is 0 Å². The second-order valence-corrected chi connectivity index (χ2v) is 7.23. The third kappa shape index (κ3) is 3.21. The van der Waals surface area contributed by atoms with Gasteiger partial charge in [0.05, 0.1) is 30.6 Å². The molecule has 1 aliphatic heterocycles. The van der Waals surface area contributed by atoms with Crippen molar-refractivity contribution in [3.05, 3.63) is 54.6 Å². The number of ether oxygens (including phenoxy) is 1. The fraction of sp³-hybridized carbons (Fsp3) is 0.286. The molecule has 1 amide bonds. The van der Waals surface area contributed by atoms with E-state index in [0.717, 1.165) is 42.5 Å². The molecular weight excluding hydrogens is 368 g/mol. The predicted molar refractivity (Wildman–Crippen MR) is 111 cm³/mol. The van der Waals surface area contributed by atoms with E-state index in [-0.39, 0.29) is 5.91 Å². The summed E-state index contributed by atoms with van der Waals surface area (Å²) >= 11 is 0. The van der Waals surface area contributed by atoms with Crippen LogP contribution in [0, 0.1) is 0 Å². The molecule has 0 atom stereocenters. The number of methoxy groups -OCH3 is 1. The quantitative estimate of drug-likeness (QED) is 0.560. The molecule has 1 aromatic carbocycles. The Bertz CT molecular complexity index is 1190. The van der Waals surface area contributed by atoms with Gasteiger partial charge in [-0.2, -0.15) is 5.10 Å². The Morgan fingerprint density at radius 1 is 1.28 bits per heavy atom. The fourth-order valence-corrected chi connectivity index (χ4v) is 3.88. The summed E-state index contributed by atoms with van der Waals surface area (Å²) in [5.41, 5.74) is 2.66. The average Bonchev–Trinajstić information content (AvgIpc) is 3.37. The van der Waals surface area contributed by atoms with Crippen molar-refractivity contribution in [3.8, 4) is 5.75 Å². The van der Waals surface area contributed by atoms with Crippen molar-refractivity contribution in [1.29, 1.82) is 0 Å². The van der Waals surface area contributed by atoms with Crippen molar-refractivity contribution in [2.24, 2.45) is 0 Å². The van der Waals surface area contributed by atoms with Gasteiger partial charge in [0.1, 0.15) is 17.1 Å². The number of nitrogens with zero attached hydrogens (tertiary/aromatic N) is 4. The SMILES string of the molecule is COc1cc2nn(C3CCNCC3)cc2cc1NC(=O)c1cnc2ccccn12. The van der Waals surface area contributed by atoms with E-state index < -0.39 is 0 Å². The minimum atomic E-state index is -0.243. The summed E-state index contributed by atoms with van der Waals surface area (Å²) in [5, 5.41) is 12.1. The molecule has 4 heterocycles. The van der Waals surface area contributed by atoms with Crippen LogP contribution in [0.4, 0.5) is 5.69 Å². The summed E-state index contributed by atoms with van der Waals surface area (Å²) in [6.07, 6.45) is 7.56. The van der Waals surface area contributed by atoms with Gasteiger partial charge in [-0.3, -0.25) is 13.9 Å². The van der Waals surface area contributed by atoms with Gasteiger partial charge in [-0.25, -0.2) is 4.98 Å². The number of fused-ring (bicyclic) bond motifs is 2. The van der Waals surface area contributed by atoms with Gasteiger partial charge in [0.25, 0.3) is 5.91 Å². The lowest BCUT2D eigenvalue weighted by Gasteiger charge is -2.22. The molecule has 8 heteroatoms. The van der Waals surface area contributed by atoms with E-state index in [0.29, 0.717) is 23.2 Å². The van der Waals surface area contributed by atoms with E-state index in [1.165, 1.54) is 0 Å². The molecule has 0 bridgehead atoms. The molecule has 8 nitrogen and oxygen atoms in total. The molecule has 148 valence electrons. The van der Waals surface area contributed by atoms with Crippen molar-refractivity contribution in [1.82, 2.24) is 24.5 Å². The number of imidazole rings is 1. The van der Waals surface area contributed by atoms with Crippen LogP contribution in [0.5, 0.6) is 5.75 Å². The topological polar surface area (TPSA) is 85.5 Å². The Labute approximate surface area is 167 Å². The Morgan fingerprint density at radius 2 is 2.14 bits per heavy atom. The van der Waals surface area contributed by atoms with E-state index >= 15 is 0 Å². The number of hydrogen-bond donors (Lipinski definition) is 2. The summed E-state index contributed by atoms with van der Waals surface area (Å²) < 4.78 is 9.32. The van der Waals surface area contributed by atoms with E-state index in [4.69, 9.17) is 9.84 Å². The van der Waals surface area contributed by atoms with Gasteiger partial charge >= 0.3 is 0 Å². The first-order valence-corrected chi connectivity index (χ1v) is 9.74. The zero-order valence-electron chi connectivity index (χ0n) is 16.1. The Hall–Kier alpha value is -3.39. The molecule has 0 spiro atoms. The molecule has 29 heavy (non-hydrogen) atoms. The van der Waals surface area contributed by atoms with Gasteiger partial charge in [0, 0.05) is 23.8 Å². The summed E-state index contributed by atoms with van der Waals surface area (Å²) in [7, 11) is 1.59. The largest absolute Gasteiger partial charge is 0.494 e. The number of hydrogen-bond acceptors (Lipinski definition) is 5.